The number of hydrogen-bond donors (Lipinski definition) is 2. The summed E-state index contributed by atoms with van der Waals surface area (Å²) >= 11 is 0. The van der Waals surface area contributed by atoms with Crippen molar-refractivity contribution in [3.63, 3.8) is 0 Å². The minimum absolute atomic E-state index is 0.0472. The number of nitrogens with one attached hydrogen (secondary N) is 2. The fourth-order valence-corrected chi connectivity index (χ4v) is 3.37. The monoisotopic (exact) mass is 360 g/mol. The van der Waals surface area contributed by atoms with Gasteiger partial charge in [-0.1, -0.05) is 13.3 Å². The highest BCUT2D eigenvalue weighted by Gasteiger charge is 2.26. The topological polar surface area (TPSA) is 64.7 Å². The summed E-state index contributed by atoms with van der Waals surface area (Å²) in [6, 6.07) is 6.29. The van der Waals surface area contributed by atoms with E-state index in [-0.39, 0.29) is 24.4 Å². The Morgan fingerprint density at radius 2 is 2.04 bits per heavy atom. The predicted octanol–water partition coefficient (Wildman–Crippen LogP) is 2.73. The van der Waals surface area contributed by atoms with E-state index in [0.29, 0.717) is 13.1 Å². The maximum atomic E-state index is 12.4. The van der Waals surface area contributed by atoms with Gasteiger partial charge in [0.05, 0.1) is 6.67 Å². The van der Waals surface area contributed by atoms with E-state index in [9.17, 15) is 9.59 Å². The number of nitrogens with zero attached hydrogens (tertiary/aromatic N) is 2. The molecule has 144 valence electrons. The van der Waals surface area contributed by atoms with Crippen LogP contribution < -0.4 is 15.5 Å². The van der Waals surface area contributed by atoms with E-state index < -0.39 is 0 Å². The lowest BCUT2D eigenvalue weighted by Crippen LogP contribution is -2.52. The second kappa shape index (κ2) is 9.57. The highest BCUT2D eigenvalue weighted by molar-refractivity contribution is 5.95. The second-order valence-electron chi connectivity index (χ2n) is 6.86. The molecule has 0 aromatic heterocycles. The SMILES string of the molecule is CCCC1CC(=O)N(CC(=O)Nc2ccc(N(CC)CC)cc2C)CN1. The van der Waals surface area contributed by atoms with Crippen molar-refractivity contribution in [2.45, 2.75) is 53.0 Å². The molecule has 1 aromatic rings. The zero-order chi connectivity index (χ0) is 19.1. The Labute approximate surface area is 156 Å². The first-order valence-corrected chi connectivity index (χ1v) is 9.65. The van der Waals surface area contributed by atoms with Crippen molar-refractivity contribution in [3.05, 3.63) is 23.8 Å². The summed E-state index contributed by atoms with van der Waals surface area (Å²) in [7, 11) is 0. The van der Waals surface area contributed by atoms with Crippen LogP contribution in [-0.4, -0.2) is 49.1 Å². The Balaban J connectivity index is 1.93. The maximum Gasteiger partial charge on any atom is 0.244 e. The Morgan fingerprint density at radius 3 is 2.62 bits per heavy atom. The van der Waals surface area contributed by atoms with Crippen LogP contribution in [0.4, 0.5) is 11.4 Å². The fourth-order valence-electron chi connectivity index (χ4n) is 3.37. The van der Waals surface area contributed by atoms with Gasteiger partial charge in [0.25, 0.3) is 0 Å². The third-order valence-electron chi connectivity index (χ3n) is 4.93. The van der Waals surface area contributed by atoms with E-state index in [1.807, 2.05) is 19.1 Å². The lowest BCUT2D eigenvalue weighted by Gasteiger charge is -2.32. The Kier molecular flexibility index (Phi) is 7.45. The van der Waals surface area contributed by atoms with E-state index in [0.717, 1.165) is 42.9 Å². The van der Waals surface area contributed by atoms with E-state index in [2.05, 4.69) is 42.4 Å². The van der Waals surface area contributed by atoms with Crippen LogP contribution in [0.15, 0.2) is 18.2 Å². The van der Waals surface area contributed by atoms with Gasteiger partial charge in [0.15, 0.2) is 0 Å². The van der Waals surface area contributed by atoms with Gasteiger partial charge in [-0.2, -0.15) is 0 Å². The van der Waals surface area contributed by atoms with Crippen LogP contribution in [-0.2, 0) is 9.59 Å². The molecule has 0 spiro atoms. The molecule has 1 heterocycles. The van der Waals surface area contributed by atoms with Crippen molar-refractivity contribution < 1.29 is 9.59 Å². The number of benzene rings is 1. The molecular weight excluding hydrogens is 328 g/mol. The average molecular weight is 361 g/mol. The molecule has 1 unspecified atom stereocenters. The van der Waals surface area contributed by atoms with Gasteiger partial charge in [0.1, 0.15) is 6.54 Å². The van der Waals surface area contributed by atoms with Gasteiger partial charge in [-0.3, -0.25) is 14.9 Å². The first kappa shape index (κ1) is 20.2. The highest BCUT2D eigenvalue weighted by atomic mass is 16.2. The van der Waals surface area contributed by atoms with Crippen LogP contribution in [0.5, 0.6) is 0 Å². The molecule has 6 heteroatoms. The average Bonchev–Trinajstić information content (AvgIpc) is 2.61. The summed E-state index contributed by atoms with van der Waals surface area (Å²) in [6.45, 7) is 10.8. The summed E-state index contributed by atoms with van der Waals surface area (Å²) in [5, 5.41) is 6.27. The predicted molar refractivity (Wildman–Crippen MR) is 106 cm³/mol. The van der Waals surface area contributed by atoms with Crippen molar-refractivity contribution in [2.24, 2.45) is 0 Å². The van der Waals surface area contributed by atoms with Crippen molar-refractivity contribution in [1.29, 1.82) is 0 Å². The van der Waals surface area contributed by atoms with Crippen LogP contribution in [0.3, 0.4) is 0 Å². The minimum Gasteiger partial charge on any atom is -0.372 e. The van der Waals surface area contributed by atoms with Crippen LogP contribution >= 0.6 is 0 Å². The zero-order valence-corrected chi connectivity index (χ0v) is 16.5. The molecule has 1 aliphatic heterocycles. The molecule has 1 aromatic carbocycles. The lowest BCUT2D eigenvalue weighted by molar-refractivity contribution is -0.138. The van der Waals surface area contributed by atoms with E-state index in [4.69, 9.17) is 0 Å². The van der Waals surface area contributed by atoms with Gasteiger partial charge < -0.3 is 15.1 Å². The number of anilines is 2. The Morgan fingerprint density at radius 1 is 1.31 bits per heavy atom. The third kappa shape index (κ3) is 5.21. The molecule has 0 saturated carbocycles. The summed E-state index contributed by atoms with van der Waals surface area (Å²) in [5.74, 6) is -0.112. The van der Waals surface area contributed by atoms with Gasteiger partial charge >= 0.3 is 0 Å². The largest absolute Gasteiger partial charge is 0.372 e. The van der Waals surface area contributed by atoms with Gasteiger partial charge in [-0.05, 0) is 51.0 Å². The molecule has 1 saturated heterocycles. The third-order valence-corrected chi connectivity index (χ3v) is 4.93. The number of carbonyl (C=O) groups is 2. The van der Waals surface area contributed by atoms with Gasteiger partial charge in [0, 0.05) is 36.9 Å². The standard InChI is InChI=1S/C20H32N4O2/c1-5-8-16-12-20(26)24(14-21-16)13-19(25)22-18-10-9-17(11-15(18)4)23(6-2)7-3/h9-11,16,21H,5-8,12-14H2,1-4H3,(H,22,25). The van der Waals surface area contributed by atoms with Gasteiger partial charge in [-0.25, -0.2) is 0 Å². The maximum absolute atomic E-state index is 12.4. The minimum atomic E-state index is -0.159. The van der Waals surface area contributed by atoms with Crippen LogP contribution in [0.25, 0.3) is 0 Å². The second-order valence-corrected chi connectivity index (χ2v) is 6.86. The number of aryl methyl sites for hydroxylation is 1. The lowest BCUT2D eigenvalue weighted by atomic mass is 10.1. The van der Waals surface area contributed by atoms with Crippen molar-refractivity contribution in [1.82, 2.24) is 10.2 Å². The summed E-state index contributed by atoms with van der Waals surface area (Å²) in [6.07, 6.45) is 2.51. The molecule has 0 aliphatic carbocycles. The zero-order valence-electron chi connectivity index (χ0n) is 16.5. The summed E-state index contributed by atoms with van der Waals surface area (Å²) in [4.78, 5) is 28.4. The molecule has 1 aliphatic rings. The van der Waals surface area contributed by atoms with E-state index in [1.54, 1.807) is 4.90 Å². The molecule has 0 bridgehead atoms. The smallest absolute Gasteiger partial charge is 0.244 e. The normalized spacial score (nSPS) is 17.3. The van der Waals surface area contributed by atoms with E-state index in [1.165, 1.54) is 0 Å². The van der Waals surface area contributed by atoms with Crippen LogP contribution in [0, 0.1) is 6.92 Å². The first-order chi connectivity index (χ1) is 12.5. The molecule has 0 radical (unpaired) electrons. The van der Waals surface area contributed by atoms with Gasteiger partial charge in [-0.15, -0.1) is 0 Å². The molecule has 1 atom stereocenters. The first-order valence-electron chi connectivity index (χ1n) is 9.65. The number of amides is 2. The van der Waals surface area contributed by atoms with Gasteiger partial charge in [0.2, 0.25) is 11.8 Å². The van der Waals surface area contributed by atoms with Crippen molar-refractivity contribution in [3.8, 4) is 0 Å². The fraction of sp³-hybridized carbons (Fsp3) is 0.600. The van der Waals surface area contributed by atoms with Crippen molar-refractivity contribution in [2.75, 3.05) is 36.5 Å². The summed E-state index contributed by atoms with van der Waals surface area (Å²) in [5.41, 5.74) is 2.98. The molecule has 2 rings (SSSR count). The molecule has 2 amide bonds. The molecule has 6 nitrogen and oxygen atoms in total. The highest BCUT2D eigenvalue weighted by Crippen LogP contribution is 2.22. The molecule has 1 fully saturated rings. The quantitative estimate of drug-likeness (QED) is 0.748. The molecule has 26 heavy (non-hydrogen) atoms. The summed E-state index contributed by atoms with van der Waals surface area (Å²) < 4.78 is 0. The number of hydrogen-bond acceptors (Lipinski definition) is 4. The van der Waals surface area contributed by atoms with E-state index >= 15 is 0 Å². The van der Waals surface area contributed by atoms with Crippen LogP contribution in [0.1, 0.15) is 45.6 Å². The van der Waals surface area contributed by atoms with Crippen molar-refractivity contribution >= 4 is 23.2 Å². The Bertz CT molecular complexity index is 628. The molecule has 2 N–H and O–H groups in total. The number of rotatable bonds is 8. The Hall–Kier alpha value is -2.08. The number of carbonyl (C=O) groups excluding carboxylic acids is 2. The van der Waals surface area contributed by atoms with Crippen LogP contribution in [0.2, 0.25) is 0 Å². The molecular formula is C20H32N4O2.